The maximum atomic E-state index is 15.0. The summed E-state index contributed by atoms with van der Waals surface area (Å²) in [6, 6.07) is 12.1. The van der Waals surface area contributed by atoms with Gasteiger partial charge in [0.2, 0.25) is 11.8 Å². The van der Waals surface area contributed by atoms with E-state index >= 15 is 4.39 Å². The number of piperidine rings is 3. The number of ether oxygens (including phenoxy) is 1. The van der Waals surface area contributed by atoms with Crippen LogP contribution in [0.15, 0.2) is 47.3 Å². The average molecular weight is 925 g/mol. The molecule has 3 aromatic carbocycles. The molecule has 1 unspecified atom stereocenters. The number of aryl methyl sites for hydroxylation is 1. The standard InChI is InChI=1S/C52H61FN10O5/c1-3-38-40(53)9-7-35-27-37(64)29-45(47(35)38)62-22-15-39-41(31-62)54-50(56-48(39)61-18-5-4-6-19-61)68-33-52(16-17-52)32-59-25-23-58(24-26-59)30-34-13-20-60(21-14-34)36-8-10-42-44(28-36)57(2)51(67)63(42)43-11-12-46(65)55-49(43)66/h1,7-10,27-29,34,43,64H,4-6,11-26,30-33H2,2H3,(H,55,65,66). The SMILES string of the molecule is C#Cc1c(F)ccc2cc(O)cc(N3CCc4c(nc(OCC5(CN6CCN(CC7CCN(c8ccc9c(c8)n(C)c(=O)n9C8CCC(=O)NC8=O)CC7)CC6)CC5)nc4N4CCCCC4)C3)c12. The summed E-state index contributed by atoms with van der Waals surface area (Å²) in [5, 5.41) is 14.4. The third-order valence-electron chi connectivity index (χ3n) is 15.8. The fraction of sp³-hybridized carbons (Fsp3) is 0.519. The minimum Gasteiger partial charge on any atom is -0.508 e. The molecule has 6 aliphatic rings. The fourth-order valence-corrected chi connectivity index (χ4v) is 11.7. The van der Waals surface area contributed by atoms with Gasteiger partial charge in [-0.2, -0.15) is 9.97 Å². The lowest BCUT2D eigenvalue weighted by atomic mass is 9.95. The molecule has 7 heterocycles. The van der Waals surface area contributed by atoms with Crippen molar-refractivity contribution in [3.63, 3.8) is 0 Å². The predicted molar refractivity (Wildman–Crippen MR) is 260 cm³/mol. The lowest BCUT2D eigenvalue weighted by Gasteiger charge is -2.40. The van der Waals surface area contributed by atoms with Crippen LogP contribution in [-0.4, -0.2) is 124 Å². The van der Waals surface area contributed by atoms with Crippen LogP contribution in [0.1, 0.15) is 80.7 Å². The molecular weight excluding hydrogens is 864 g/mol. The van der Waals surface area contributed by atoms with E-state index in [9.17, 15) is 19.5 Å². The van der Waals surface area contributed by atoms with Crippen LogP contribution >= 0.6 is 0 Å². The highest BCUT2D eigenvalue weighted by Gasteiger charge is 2.45. The quantitative estimate of drug-likeness (QED) is 0.131. The molecule has 15 nitrogen and oxygen atoms in total. The first-order valence-corrected chi connectivity index (χ1v) is 24.7. The van der Waals surface area contributed by atoms with E-state index in [0.717, 1.165) is 132 Å². The number of nitrogens with one attached hydrogen (secondary N) is 1. The molecule has 2 aromatic heterocycles. The number of hydrogen-bond donors (Lipinski definition) is 2. The van der Waals surface area contributed by atoms with Gasteiger partial charge in [-0.15, -0.1) is 6.42 Å². The number of anilines is 3. The van der Waals surface area contributed by atoms with Crippen molar-refractivity contribution in [3.8, 4) is 24.1 Å². The first-order valence-electron chi connectivity index (χ1n) is 24.7. The number of imidazole rings is 1. The number of piperazine rings is 1. The summed E-state index contributed by atoms with van der Waals surface area (Å²) in [6.45, 7) is 11.8. The van der Waals surface area contributed by atoms with Gasteiger partial charge in [-0.05, 0) is 99.4 Å². The van der Waals surface area contributed by atoms with Crippen LogP contribution < -0.4 is 30.4 Å². The molecule has 1 atom stereocenters. The number of rotatable bonds is 11. The molecule has 5 fully saturated rings. The van der Waals surface area contributed by atoms with Crippen molar-refractivity contribution < 1.29 is 23.8 Å². The molecule has 2 N–H and O–H groups in total. The summed E-state index contributed by atoms with van der Waals surface area (Å²) in [7, 11) is 1.75. The third kappa shape index (κ3) is 8.52. The highest BCUT2D eigenvalue weighted by Crippen LogP contribution is 2.47. The van der Waals surface area contributed by atoms with E-state index in [2.05, 4.69) is 47.9 Å². The fourth-order valence-electron chi connectivity index (χ4n) is 11.7. The summed E-state index contributed by atoms with van der Waals surface area (Å²) in [5.41, 5.74) is 5.37. The largest absolute Gasteiger partial charge is 0.508 e. The van der Waals surface area contributed by atoms with E-state index in [0.29, 0.717) is 66.4 Å². The van der Waals surface area contributed by atoms with Gasteiger partial charge in [0.25, 0.3) is 0 Å². The summed E-state index contributed by atoms with van der Waals surface area (Å²) in [4.78, 5) is 60.2. The van der Waals surface area contributed by atoms with Crippen LogP contribution in [0.2, 0.25) is 0 Å². The van der Waals surface area contributed by atoms with Crippen molar-refractivity contribution >= 4 is 50.8 Å². The van der Waals surface area contributed by atoms with Crippen LogP contribution in [0.3, 0.4) is 0 Å². The Morgan fingerprint density at radius 1 is 0.853 bits per heavy atom. The molecule has 68 heavy (non-hydrogen) atoms. The number of carbonyl (C=O) groups is 2. The molecule has 0 bridgehead atoms. The first kappa shape index (κ1) is 44.3. The number of imide groups is 1. The van der Waals surface area contributed by atoms with Crippen molar-refractivity contribution in [3.05, 3.63) is 75.6 Å². The van der Waals surface area contributed by atoms with Crippen molar-refractivity contribution in [2.75, 3.05) is 93.3 Å². The number of hydrogen-bond acceptors (Lipinski definition) is 12. The van der Waals surface area contributed by atoms with E-state index < -0.39 is 17.8 Å². The molecule has 1 aliphatic carbocycles. The third-order valence-corrected chi connectivity index (χ3v) is 15.8. The number of fused-ring (bicyclic) bond motifs is 3. The smallest absolute Gasteiger partial charge is 0.329 e. The number of nitrogens with zero attached hydrogens (tertiary/aromatic N) is 9. The number of terminal acetylenes is 1. The predicted octanol–water partition coefficient (Wildman–Crippen LogP) is 5.33. The number of aromatic nitrogens is 4. The van der Waals surface area contributed by atoms with Gasteiger partial charge < -0.3 is 34.3 Å². The Balaban J connectivity index is 0.697. The Kier molecular flexibility index (Phi) is 11.8. The van der Waals surface area contributed by atoms with Gasteiger partial charge in [0.15, 0.2) is 0 Å². The number of carbonyl (C=O) groups excluding carboxylic acids is 2. The molecule has 0 spiro atoms. The maximum Gasteiger partial charge on any atom is 0.329 e. The van der Waals surface area contributed by atoms with E-state index in [1.54, 1.807) is 34.4 Å². The minimum atomic E-state index is -0.689. The number of amides is 2. The Morgan fingerprint density at radius 3 is 2.38 bits per heavy atom. The van der Waals surface area contributed by atoms with Crippen LogP contribution in [0.4, 0.5) is 21.6 Å². The Morgan fingerprint density at radius 2 is 1.63 bits per heavy atom. The van der Waals surface area contributed by atoms with Gasteiger partial charge in [0, 0.05) is 119 Å². The van der Waals surface area contributed by atoms with E-state index in [-0.39, 0.29) is 34.7 Å². The average Bonchev–Trinajstić information content (AvgIpc) is 4.08. The van der Waals surface area contributed by atoms with Crippen LogP contribution in [0, 0.1) is 29.5 Å². The van der Waals surface area contributed by atoms with Crippen molar-refractivity contribution in [2.45, 2.75) is 76.8 Å². The molecule has 11 rings (SSSR count). The lowest BCUT2D eigenvalue weighted by Crippen LogP contribution is -2.50. The van der Waals surface area contributed by atoms with Gasteiger partial charge in [-0.25, -0.2) is 9.18 Å². The van der Waals surface area contributed by atoms with Crippen LogP contribution in [0.5, 0.6) is 11.8 Å². The van der Waals surface area contributed by atoms with Gasteiger partial charge in [0.05, 0.1) is 35.4 Å². The van der Waals surface area contributed by atoms with Gasteiger partial charge in [-0.3, -0.25) is 24.0 Å². The number of aromatic hydroxyl groups is 1. The number of phenols is 1. The number of phenolic OH excluding ortho intramolecular Hbond substituents is 1. The molecule has 4 saturated heterocycles. The number of benzene rings is 3. The van der Waals surface area contributed by atoms with Crippen LogP contribution in [-0.2, 0) is 29.6 Å². The van der Waals surface area contributed by atoms with Crippen molar-refractivity contribution in [2.24, 2.45) is 18.4 Å². The van der Waals surface area contributed by atoms with Crippen LogP contribution in [0.25, 0.3) is 21.8 Å². The van der Waals surface area contributed by atoms with Gasteiger partial charge in [-0.1, -0.05) is 12.0 Å². The zero-order chi connectivity index (χ0) is 46.7. The topological polar surface area (TPSA) is 145 Å². The second-order valence-electron chi connectivity index (χ2n) is 20.3. The Hall–Kier alpha value is -6.18. The van der Waals surface area contributed by atoms with Crippen molar-refractivity contribution in [1.29, 1.82) is 0 Å². The summed E-state index contributed by atoms with van der Waals surface area (Å²) < 4.78 is 24.8. The normalized spacial score (nSPS) is 21.5. The maximum absolute atomic E-state index is 15.0. The summed E-state index contributed by atoms with van der Waals surface area (Å²) >= 11 is 0. The molecule has 5 aliphatic heterocycles. The Bertz CT molecular complexity index is 2880. The molecular formula is C52H61FN10O5. The lowest BCUT2D eigenvalue weighted by molar-refractivity contribution is -0.135. The highest BCUT2D eigenvalue weighted by atomic mass is 19.1. The monoisotopic (exact) mass is 924 g/mol. The van der Waals surface area contributed by atoms with Gasteiger partial charge >= 0.3 is 11.7 Å². The van der Waals surface area contributed by atoms with E-state index in [1.807, 2.05) is 6.07 Å². The van der Waals surface area contributed by atoms with Crippen molar-refractivity contribution in [1.82, 2.24) is 34.2 Å². The molecule has 5 aromatic rings. The molecule has 2 amide bonds. The Labute approximate surface area is 395 Å². The van der Waals surface area contributed by atoms with Gasteiger partial charge in [0.1, 0.15) is 23.4 Å². The minimum absolute atomic E-state index is 0.0879. The molecule has 1 saturated carbocycles. The molecule has 0 radical (unpaired) electrons. The first-order chi connectivity index (χ1) is 33.0. The van der Waals surface area contributed by atoms with E-state index in [4.69, 9.17) is 21.1 Å². The number of halogens is 1. The summed E-state index contributed by atoms with van der Waals surface area (Å²) in [5.74, 6) is 3.10. The summed E-state index contributed by atoms with van der Waals surface area (Å²) in [6.07, 6.45) is 15.0. The zero-order valence-electron chi connectivity index (χ0n) is 39.0. The zero-order valence-corrected chi connectivity index (χ0v) is 39.0. The highest BCUT2D eigenvalue weighted by molar-refractivity contribution is 6.01. The molecule has 356 valence electrons. The second-order valence-corrected chi connectivity index (χ2v) is 20.3. The second kappa shape index (κ2) is 18.0. The van der Waals surface area contributed by atoms with E-state index in [1.165, 1.54) is 12.5 Å². The molecule has 16 heteroatoms.